The molecule has 1 saturated carbocycles. The number of aromatic nitrogens is 4. The summed E-state index contributed by atoms with van der Waals surface area (Å²) in [4.78, 5) is 25.1. The molecule has 1 fully saturated rings. The van der Waals surface area contributed by atoms with Crippen molar-refractivity contribution in [2.45, 2.75) is 55.9 Å². The van der Waals surface area contributed by atoms with E-state index in [0.717, 1.165) is 38.2 Å². The number of rotatable bonds is 6. The topological polar surface area (TPSA) is 98.0 Å². The Labute approximate surface area is 160 Å². The Bertz CT molecular complexity index is 819. The number of carboxylic acid groups (broad SMARTS) is 1. The standard InChI is InChI=1S/C18H21FN4O3S/c19-14-8-9-18(16(25)26,11-4-2-1-3-5-11)13(15(14)24)10-27-17-20-21-22-23(17)12-6-7-12/h4,8-9,12-14H,1-3,5-7,10H2,(H,25,26). The van der Waals surface area contributed by atoms with Crippen molar-refractivity contribution >= 4 is 23.5 Å². The molecule has 9 heteroatoms. The van der Waals surface area contributed by atoms with Crippen LogP contribution in [0.15, 0.2) is 29.0 Å². The molecule has 0 spiro atoms. The number of carbonyl (C=O) groups is 2. The van der Waals surface area contributed by atoms with Crippen molar-refractivity contribution in [1.29, 1.82) is 0 Å². The summed E-state index contributed by atoms with van der Waals surface area (Å²) in [6.07, 6.45) is 7.92. The minimum absolute atomic E-state index is 0.125. The van der Waals surface area contributed by atoms with E-state index in [0.29, 0.717) is 17.2 Å². The van der Waals surface area contributed by atoms with Gasteiger partial charge >= 0.3 is 5.97 Å². The van der Waals surface area contributed by atoms with E-state index in [4.69, 9.17) is 0 Å². The van der Waals surface area contributed by atoms with Crippen LogP contribution in [0.3, 0.4) is 0 Å². The van der Waals surface area contributed by atoms with Gasteiger partial charge in [-0.15, -0.1) is 5.10 Å². The fraction of sp³-hybridized carbons (Fsp3) is 0.611. The fourth-order valence-corrected chi connectivity index (χ4v) is 5.12. The van der Waals surface area contributed by atoms with Crippen LogP contribution < -0.4 is 0 Å². The van der Waals surface area contributed by atoms with Crippen LogP contribution in [0.1, 0.15) is 44.6 Å². The molecule has 0 aliphatic heterocycles. The zero-order valence-corrected chi connectivity index (χ0v) is 15.6. The summed E-state index contributed by atoms with van der Waals surface area (Å²) in [6, 6.07) is 0.267. The second-order valence-corrected chi connectivity index (χ2v) is 8.30. The third-order valence-electron chi connectivity index (χ3n) is 5.60. The molecule has 3 aliphatic rings. The first-order chi connectivity index (χ1) is 13.0. The molecule has 3 aliphatic carbocycles. The highest BCUT2D eigenvalue weighted by molar-refractivity contribution is 7.99. The molecule has 0 bridgehead atoms. The van der Waals surface area contributed by atoms with Gasteiger partial charge in [0.25, 0.3) is 0 Å². The van der Waals surface area contributed by atoms with Crippen molar-refractivity contribution in [1.82, 2.24) is 20.2 Å². The summed E-state index contributed by atoms with van der Waals surface area (Å²) in [5.74, 6) is -2.64. The first kappa shape index (κ1) is 18.3. The summed E-state index contributed by atoms with van der Waals surface area (Å²) in [5.41, 5.74) is -0.768. The van der Waals surface area contributed by atoms with Crippen molar-refractivity contribution in [2.24, 2.45) is 11.3 Å². The second-order valence-electron chi connectivity index (χ2n) is 7.31. The molecule has 4 rings (SSSR count). The van der Waals surface area contributed by atoms with Crippen LogP contribution in [-0.4, -0.2) is 49.0 Å². The number of alkyl halides is 1. The summed E-state index contributed by atoms with van der Waals surface area (Å²) in [5, 5.41) is 22.3. The molecule has 3 unspecified atom stereocenters. The number of carboxylic acids is 1. The Balaban J connectivity index is 1.66. The maximum absolute atomic E-state index is 14.2. The van der Waals surface area contributed by atoms with Crippen LogP contribution in [0, 0.1) is 11.3 Å². The van der Waals surface area contributed by atoms with Gasteiger partial charge in [-0.05, 0) is 55.0 Å². The third-order valence-corrected chi connectivity index (χ3v) is 6.63. The van der Waals surface area contributed by atoms with Crippen LogP contribution in [0.5, 0.6) is 0 Å². The second kappa shape index (κ2) is 7.18. The lowest BCUT2D eigenvalue weighted by molar-refractivity contribution is -0.150. The molecule has 7 nitrogen and oxygen atoms in total. The minimum atomic E-state index is -1.77. The van der Waals surface area contributed by atoms with Crippen LogP contribution in [0.2, 0.25) is 0 Å². The number of allylic oxidation sites excluding steroid dienone is 2. The van der Waals surface area contributed by atoms with Gasteiger partial charge in [0, 0.05) is 5.75 Å². The van der Waals surface area contributed by atoms with Crippen molar-refractivity contribution in [2.75, 3.05) is 5.75 Å². The van der Waals surface area contributed by atoms with Crippen LogP contribution in [-0.2, 0) is 9.59 Å². The molecular formula is C18H21FN4O3S. The monoisotopic (exact) mass is 392 g/mol. The number of nitrogens with zero attached hydrogens (tertiary/aromatic N) is 4. The highest BCUT2D eigenvalue weighted by atomic mass is 32.2. The average molecular weight is 392 g/mol. The van der Waals surface area contributed by atoms with Gasteiger partial charge in [0.15, 0.2) is 12.0 Å². The van der Waals surface area contributed by atoms with Crippen LogP contribution in [0.4, 0.5) is 4.39 Å². The number of tetrazole rings is 1. The number of thioether (sulfide) groups is 1. The summed E-state index contributed by atoms with van der Waals surface area (Å²) < 4.78 is 15.9. The number of halogens is 1. The van der Waals surface area contributed by atoms with Gasteiger partial charge in [-0.3, -0.25) is 9.59 Å². The van der Waals surface area contributed by atoms with E-state index in [1.165, 1.54) is 17.8 Å². The van der Waals surface area contributed by atoms with E-state index in [-0.39, 0.29) is 11.8 Å². The number of hydrogen-bond donors (Lipinski definition) is 1. The van der Waals surface area contributed by atoms with Crippen molar-refractivity contribution < 1.29 is 19.1 Å². The molecule has 1 N–H and O–H groups in total. The molecule has 27 heavy (non-hydrogen) atoms. The maximum atomic E-state index is 14.2. The summed E-state index contributed by atoms with van der Waals surface area (Å²) in [7, 11) is 0. The molecular weight excluding hydrogens is 371 g/mol. The number of carbonyl (C=O) groups excluding carboxylic acids is 1. The van der Waals surface area contributed by atoms with E-state index >= 15 is 0 Å². The maximum Gasteiger partial charge on any atom is 0.318 e. The SMILES string of the molecule is O=C1C(F)C=CC(C(=O)O)(C2=CCCCC2)C1CSc1nnnn1C1CC1. The van der Waals surface area contributed by atoms with Gasteiger partial charge in [0.1, 0.15) is 5.41 Å². The predicted molar refractivity (Wildman–Crippen MR) is 96.0 cm³/mol. The average Bonchev–Trinajstić information content (AvgIpc) is 3.41. The lowest BCUT2D eigenvalue weighted by Gasteiger charge is -2.40. The molecule has 1 aromatic rings. The Morgan fingerprint density at radius 2 is 2.22 bits per heavy atom. The highest BCUT2D eigenvalue weighted by Crippen LogP contribution is 2.48. The van der Waals surface area contributed by atoms with Gasteiger partial charge in [-0.25, -0.2) is 9.07 Å². The first-order valence-electron chi connectivity index (χ1n) is 9.24. The lowest BCUT2D eigenvalue weighted by atomic mass is 9.63. The highest BCUT2D eigenvalue weighted by Gasteiger charge is 2.53. The zero-order chi connectivity index (χ0) is 19.0. The smallest absolute Gasteiger partial charge is 0.318 e. The van der Waals surface area contributed by atoms with Gasteiger partial charge in [-0.2, -0.15) is 0 Å². The third kappa shape index (κ3) is 3.22. The molecule has 3 atom stereocenters. The van der Waals surface area contributed by atoms with E-state index in [9.17, 15) is 19.1 Å². The van der Waals surface area contributed by atoms with E-state index in [1.807, 2.05) is 6.08 Å². The van der Waals surface area contributed by atoms with E-state index in [1.54, 1.807) is 4.68 Å². The number of Topliss-reactive ketones (excluding diaryl/α,β-unsaturated/α-hetero) is 1. The van der Waals surface area contributed by atoms with Crippen molar-refractivity contribution in [3.63, 3.8) is 0 Å². The summed E-state index contributed by atoms with van der Waals surface area (Å²) >= 11 is 1.23. The van der Waals surface area contributed by atoms with E-state index in [2.05, 4.69) is 15.5 Å². The molecule has 144 valence electrons. The Hall–Kier alpha value is -2.03. The fourth-order valence-electron chi connectivity index (χ4n) is 3.97. The predicted octanol–water partition coefficient (Wildman–Crippen LogP) is 2.76. The molecule has 0 saturated heterocycles. The van der Waals surface area contributed by atoms with Crippen molar-refractivity contribution in [3.8, 4) is 0 Å². The number of ketones is 1. The largest absolute Gasteiger partial charge is 0.480 e. The first-order valence-corrected chi connectivity index (χ1v) is 10.2. The minimum Gasteiger partial charge on any atom is -0.480 e. The molecule has 1 heterocycles. The molecule has 0 radical (unpaired) electrons. The Kier molecular flexibility index (Phi) is 4.88. The Morgan fingerprint density at radius 1 is 1.41 bits per heavy atom. The Morgan fingerprint density at radius 3 is 2.89 bits per heavy atom. The quantitative estimate of drug-likeness (QED) is 0.587. The van der Waals surface area contributed by atoms with Crippen LogP contribution >= 0.6 is 11.8 Å². The van der Waals surface area contributed by atoms with Crippen molar-refractivity contribution in [3.05, 3.63) is 23.8 Å². The molecule has 1 aromatic heterocycles. The number of aliphatic carboxylic acids is 1. The zero-order valence-electron chi connectivity index (χ0n) is 14.8. The van der Waals surface area contributed by atoms with Gasteiger partial charge in [-0.1, -0.05) is 29.5 Å². The molecule has 0 aromatic carbocycles. The van der Waals surface area contributed by atoms with Crippen LogP contribution in [0.25, 0.3) is 0 Å². The van der Waals surface area contributed by atoms with E-state index < -0.39 is 29.3 Å². The normalized spacial score (nSPS) is 31.0. The van der Waals surface area contributed by atoms with Gasteiger partial charge < -0.3 is 5.11 Å². The van der Waals surface area contributed by atoms with Gasteiger partial charge in [0.2, 0.25) is 5.16 Å². The number of hydrogen-bond acceptors (Lipinski definition) is 6. The lowest BCUT2D eigenvalue weighted by Crippen LogP contribution is -2.49. The molecule has 0 amide bonds. The summed E-state index contributed by atoms with van der Waals surface area (Å²) in [6.45, 7) is 0. The van der Waals surface area contributed by atoms with Gasteiger partial charge in [0.05, 0.1) is 12.0 Å².